The average Bonchev–Trinajstić information content (AvgIpc) is 2.72. The second-order valence-electron chi connectivity index (χ2n) is 3.74. The molecule has 2 nitrogen and oxygen atoms in total. The van der Waals surface area contributed by atoms with Gasteiger partial charge >= 0.3 is 11.7 Å². The summed E-state index contributed by atoms with van der Waals surface area (Å²) in [6.45, 7) is 0. The maximum absolute atomic E-state index is 12.6. The zero-order chi connectivity index (χ0) is 16.7. The molecule has 0 aliphatic rings. The standard InChI is InChI=1S/C10H2Cl2F6N2S2/c11-4-1-3(9(13,14)15)2-5(12)6(4)7-19-8(22-20-7)21-10(16,17)18/h1-2H. The Hall–Kier alpha value is -0.710. The van der Waals surface area contributed by atoms with Crippen LogP contribution in [0.3, 0.4) is 0 Å². The molecule has 12 heteroatoms. The molecule has 1 aromatic carbocycles. The van der Waals surface area contributed by atoms with E-state index in [1.54, 1.807) is 0 Å². The minimum atomic E-state index is -4.65. The van der Waals surface area contributed by atoms with Crippen LogP contribution in [-0.2, 0) is 6.18 Å². The van der Waals surface area contributed by atoms with Crippen LogP contribution in [0.15, 0.2) is 16.5 Å². The quantitative estimate of drug-likeness (QED) is 0.448. The lowest BCUT2D eigenvalue weighted by atomic mass is 10.1. The molecule has 2 aromatic rings. The second-order valence-corrected chi connectivity index (χ2v) is 6.62. The summed E-state index contributed by atoms with van der Waals surface area (Å²) in [7, 11) is 0. The lowest BCUT2D eigenvalue weighted by molar-refractivity contribution is -0.137. The molecule has 1 heterocycles. The first-order valence-electron chi connectivity index (χ1n) is 5.13. The molecule has 0 radical (unpaired) electrons. The molecule has 0 aliphatic carbocycles. The molecule has 0 amide bonds. The molecule has 0 fully saturated rings. The third-order valence-corrected chi connectivity index (χ3v) is 4.28. The Kier molecular flexibility index (Phi) is 4.86. The monoisotopic (exact) mass is 398 g/mol. The summed E-state index contributed by atoms with van der Waals surface area (Å²) < 4.78 is 77.7. The highest BCUT2D eigenvalue weighted by molar-refractivity contribution is 8.01. The van der Waals surface area contributed by atoms with Crippen molar-refractivity contribution in [3.8, 4) is 11.4 Å². The van der Waals surface area contributed by atoms with E-state index in [0.717, 1.165) is 0 Å². The SMILES string of the molecule is FC(F)(F)Sc1nc(-c2c(Cl)cc(C(F)(F)F)cc2Cl)ns1. The Balaban J connectivity index is 2.42. The van der Waals surface area contributed by atoms with Crippen LogP contribution in [0.25, 0.3) is 11.4 Å². The van der Waals surface area contributed by atoms with Gasteiger partial charge in [0.25, 0.3) is 0 Å². The van der Waals surface area contributed by atoms with Gasteiger partial charge in [0.1, 0.15) is 0 Å². The van der Waals surface area contributed by atoms with E-state index in [2.05, 4.69) is 9.36 Å². The van der Waals surface area contributed by atoms with E-state index in [-0.39, 0.29) is 11.4 Å². The van der Waals surface area contributed by atoms with Crippen molar-refractivity contribution in [1.82, 2.24) is 9.36 Å². The molecular formula is C10H2Cl2F6N2S2. The number of halogens is 8. The Bertz CT molecular complexity index is 674. The molecule has 22 heavy (non-hydrogen) atoms. The fraction of sp³-hybridized carbons (Fsp3) is 0.200. The van der Waals surface area contributed by atoms with Gasteiger partial charge in [-0.05, 0) is 23.7 Å². The van der Waals surface area contributed by atoms with E-state index in [0.29, 0.717) is 23.7 Å². The summed E-state index contributed by atoms with van der Waals surface area (Å²) in [5.41, 5.74) is -5.78. The Morgan fingerprint density at radius 1 is 1.00 bits per heavy atom. The second kappa shape index (κ2) is 6.06. The molecule has 1 aromatic heterocycles. The van der Waals surface area contributed by atoms with Crippen LogP contribution < -0.4 is 0 Å². The zero-order valence-corrected chi connectivity index (χ0v) is 13.0. The topological polar surface area (TPSA) is 25.8 Å². The zero-order valence-electron chi connectivity index (χ0n) is 9.89. The van der Waals surface area contributed by atoms with Gasteiger partial charge in [0, 0.05) is 11.8 Å². The normalized spacial score (nSPS) is 12.7. The number of hydrogen-bond donors (Lipinski definition) is 0. The first-order chi connectivity index (χ1) is 9.97. The molecule has 2 rings (SSSR count). The number of nitrogens with zero attached hydrogens (tertiary/aromatic N) is 2. The van der Waals surface area contributed by atoms with Crippen molar-refractivity contribution in [2.75, 3.05) is 0 Å². The third kappa shape index (κ3) is 4.18. The number of hydrogen-bond acceptors (Lipinski definition) is 4. The fourth-order valence-corrected chi connectivity index (χ4v) is 3.36. The summed E-state index contributed by atoms with van der Waals surface area (Å²) in [5.74, 6) is -0.263. The van der Waals surface area contributed by atoms with E-state index in [1.807, 2.05) is 0 Å². The highest BCUT2D eigenvalue weighted by Gasteiger charge is 2.34. The van der Waals surface area contributed by atoms with E-state index in [9.17, 15) is 26.3 Å². The molecule has 0 unspecified atom stereocenters. The number of aromatic nitrogens is 2. The predicted octanol–water partition coefficient (Wildman–Crippen LogP) is 6.14. The number of rotatable bonds is 2. The van der Waals surface area contributed by atoms with E-state index < -0.39 is 43.4 Å². The van der Waals surface area contributed by atoms with Crippen LogP contribution in [-0.4, -0.2) is 14.9 Å². The van der Waals surface area contributed by atoms with Crippen molar-refractivity contribution in [3.63, 3.8) is 0 Å². The van der Waals surface area contributed by atoms with Gasteiger partial charge in [-0.25, -0.2) is 4.98 Å². The smallest absolute Gasteiger partial charge is 0.208 e. The molecule has 0 aliphatic heterocycles. The van der Waals surface area contributed by atoms with Gasteiger partial charge < -0.3 is 0 Å². The van der Waals surface area contributed by atoms with Gasteiger partial charge in [-0.3, -0.25) is 0 Å². The Labute approximate surface area is 137 Å². The first-order valence-corrected chi connectivity index (χ1v) is 7.48. The summed E-state index contributed by atoms with van der Waals surface area (Å²) in [5, 5.41) is -0.803. The van der Waals surface area contributed by atoms with Gasteiger partial charge in [-0.1, -0.05) is 23.2 Å². The fourth-order valence-electron chi connectivity index (χ4n) is 1.40. The summed E-state index contributed by atoms with van der Waals surface area (Å²) in [6, 6.07) is 1.22. The molecular weight excluding hydrogens is 397 g/mol. The van der Waals surface area contributed by atoms with Crippen molar-refractivity contribution >= 4 is 46.5 Å². The molecule has 0 saturated heterocycles. The highest BCUT2D eigenvalue weighted by atomic mass is 35.5. The molecule has 0 spiro atoms. The van der Waals surface area contributed by atoms with Gasteiger partial charge in [0.05, 0.1) is 21.2 Å². The largest absolute Gasteiger partial charge is 0.448 e. The van der Waals surface area contributed by atoms with Crippen molar-refractivity contribution < 1.29 is 26.3 Å². The Morgan fingerprint density at radius 2 is 1.55 bits per heavy atom. The first kappa shape index (κ1) is 17.6. The Morgan fingerprint density at radius 3 is 2.00 bits per heavy atom. The molecule has 120 valence electrons. The summed E-state index contributed by atoms with van der Waals surface area (Å²) in [6.07, 6.45) is -4.65. The highest BCUT2D eigenvalue weighted by Crippen LogP contribution is 2.42. The van der Waals surface area contributed by atoms with Crippen LogP contribution in [0.1, 0.15) is 5.56 Å². The number of alkyl halides is 6. The summed E-state index contributed by atoms with van der Waals surface area (Å²) >= 11 is 11.4. The van der Waals surface area contributed by atoms with Crippen molar-refractivity contribution in [3.05, 3.63) is 27.7 Å². The van der Waals surface area contributed by atoms with Gasteiger partial charge in [0.15, 0.2) is 10.2 Å². The molecule has 0 saturated carbocycles. The lowest BCUT2D eigenvalue weighted by Crippen LogP contribution is -2.05. The molecule has 0 atom stereocenters. The van der Waals surface area contributed by atoms with Gasteiger partial charge in [0.2, 0.25) is 0 Å². The maximum Gasteiger partial charge on any atom is 0.448 e. The van der Waals surface area contributed by atoms with E-state index in [4.69, 9.17) is 23.2 Å². The van der Waals surface area contributed by atoms with Crippen LogP contribution in [0.5, 0.6) is 0 Å². The number of benzene rings is 1. The van der Waals surface area contributed by atoms with Crippen LogP contribution in [0.4, 0.5) is 26.3 Å². The lowest BCUT2D eigenvalue weighted by Gasteiger charge is -2.10. The number of thioether (sulfide) groups is 1. The minimum Gasteiger partial charge on any atom is -0.208 e. The van der Waals surface area contributed by atoms with Crippen LogP contribution in [0.2, 0.25) is 10.0 Å². The van der Waals surface area contributed by atoms with Crippen molar-refractivity contribution in [2.24, 2.45) is 0 Å². The van der Waals surface area contributed by atoms with E-state index >= 15 is 0 Å². The molecule has 0 bridgehead atoms. The third-order valence-electron chi connectivity index (χ3n) is 2.20. The minimum absolute atomic E-state index is 0.151. The molecule has 0 N–H and O–H groups in total. The summed E-state index contributed by atoms with van der Waals surface area (Å²) in [4.78, 5) is 3.58. The van der Waals surface area contributed by atoms with Gasteiger partial charge in [-0.2, -0.15) is 30.7 Å². The predicted molar refractivity (Wildman–Crippen MR) is 72.3 cm³/mol. The van der Waals surface area contributed by atoms with Gasteiger partial charge in [-0.15, -0.1) is 0 Å². The van der Waals surface area contributed by atoms with Crippen LogP contribution in [0, 0.1) is 0 Å². The van der Waals surface area contributed by atoms with Crippen LogP contribution >= 0.6 is 46.5 Å². The maximum atomic E-state index is 12.6. The average molecular weight is 399 g/mol. The van der Waals surface area contributed by atoms with E-state index in [1.165, 1.54) is 0 Å². The van der Waals surface area contributed by atoms with Crippen molar-refractivity contribution in [2.45, 2.75) is 16.0 Å². The van der Waals surface area contributed by atoms with Crippen molar-refractivity contribution in [1.29, 1.82) is 0 Å².